The molecule has 5 nitrogen and oxygen atoms in total. The number of likely N-dealkylation sites (N-methyl/N-ethyl adjacent to an activating group) is 1. The van der Waals surface area contributed by atoms with E-state index in [0.717, 1.165) is 17.0 Å². The summed E-state index contributed by atoms with van der Waals surface area (Å²) < 4.78 is 43.3. The third-order valence-corrected chi connectivity index (χ3v) is 3.21. The molecule has 1 heterocycles. The summed E-state index contributed by atoms with van der Waals surface area (Å²) in [4.78, 5) is 26.2. The standard InChI is InChI=1S/C15H15F3N2O3/c1-3-23-13(21)10-8-19(2)14(22)20(9-10)12-6-4-5-11(7-12)15(16,17)18/h4-7,9H,3,8H2,1-2H3. The van der Waals surface area contributed by atoms with Crippen molar-refractivity contribution in [2.75, 3.05) is 25.1 Å². The van der Waals surface area contributed by atoms with Gasteiger partial charge >= 0.3 is 18.2 Å². The zero-order valence-corrected chi connectivity index (χ0v) is 12.6. The molecule has 2 amide bonds. The molecule has 0 aromatic heterocycles. The van der Waals surface area contributed by atoms with Crippen LogP contribution in [0.25, 0.3) is 0 Å². The molecule has 1 aromatic carbocycles. The van der Waals surface area contributed by atoms with Crippen molar-refractivity contribution in [3.8, 4) is 0 Å². The highest BCUT2D eigenvalue weighted by molar-refractivity contribution is 6.00. The van der Waals surface area contributed by atoms with Crippen LogP contribution in [0.3, 0.4) is 0 Å². The molecule has 1 aliphatic heterocycles. The van der Waals surface area contributed by atoms with E-state index in [1.54, 1.807) is 6.92 Å². The van der Waals surface area contributed by atoms with E-state index in [2.05, 4.69) is 0 Å². The zero-order chi connectivity index (χ0) is 17.2. The normalized spacial score (nSPS) is 15.5. The molecular formula is C15H15F3N2O3. The number of urea groups is 1. The molecule has 0 saturated carbocycles. The number of carbonyl (C=O) groups is 2. The van der Waals surface area contributed by atoms with Crippen molar-refractivity contribution in [3.05, 3.63) is 41.6 Å². The summed E-state index contributed by atoms with van der Waals surface area (Å²) in [6, 6.07) is 3.81. The molecule has 0 radical (unpaired) electrons. The lowest BCUT2D eigenvalue weighted by Crippen LogP contribution is -2.44. The van der Waals surface area contributed by atoms with Gasteiger partial charge in [-0.2, -0.15) is 13.2 Å². The lowest BCUT2D eigenvalue weighted by molar-refractivity contribution is -0.139. The Hall–Kier alpha value is -2.51. The van der Waals surface area contributed by atoms with Crippen molar-refractivity contribution in [2.24, 2.45) is 0 Å². The molecule has 23 heavy (non-hydrogen) atoms. The van der Waals surface area contributed by atoms with Gasteiger partial charge in [0.2, 0.25) is 0 Å². The smallest absolute Gasteiger partial charge is 0.416 e. The summed E-state index contributed by atoms with van der Waals surface area (Å²) in [5, 5.41) is 0. The van der Waals surface area contributed by atoms with Crippen LogP contribution in [0, 0.1) is 0 Å². The van der Waals surface area contributed by atoms with Gasteiger partial charge in [0.1, 0.15) is 0 Å². The highest BCUT2D eigenvalue weighted by atomic mass is 19.4. The number of anilines is 1. The summed E-state index contributed by atoms with van der Waals surface area (Å²) in [6.45, 7) is 1.84. The SMILES string of the molecule is CCOC(=O)C1=CN(c2cccc(C(F)(F)F)c2)C(=O)N(C)C1. The maximum absolute atomic E-state index is 12.8. The molecule has 0 fully saturated rings. The molecule has 0 saturated heterocycles. The van der Waals surface area contributed by atoms with E-state index in [1.165, 1.54) is 30.3 Å². The molecule has 2 rings (SSSR count). The monoisotopic (exact) mass is 328 g/mol. The average molecular weight is 328 g/mol. The molecular weight excluding hydrogens is 313 g/mol. The largest absolute Gasteiger partial charge is 0.463 e. The minimum Gasteiger partial charge on any atom is -0.463 e. The molecule has 0 N–H and O–H groups in total. The van der Waals surface area contributed by atoms with E-state index in [-0.39, 0.29) is 24.4 Å². The second-order valence-corrected chi connectivity index (χ2v) is 4.93. The summed E-state index contributed by atoms with van der Waals surface area (Å²) >= 11 is 0. The van der Waals surface area contributed by atoms with E-state index >= 15 is 0 Å². The fraction of sp³-hybridized carbons (Fsp3) is 0.333. The Bertz CT molecular complexity index is 656. The van der Waals surface area contributed by atoms with E-state index in [0.29, 0.717) is 0 Å². The quantitative estimate of drug-likeness (QED) is 0.802. The van der Waals surface area contributed by atoms with Gasteiger partial charge in [0.05, 0.1) is 30.0 Å². The minimum absolute atomic E-state index is 0.0261. The van der Waals surface area contributed by atoms with Crippen LogP contribution in [0.5, 0.6) is 0 Å². The fourth-order valence-corrected chi connectivity index (χ4v) is 2.12. The van der Waals surface area contributed by atoms with E-state index < -0.39 is 23.7 Å². The van der Waals surface area contributed by atoms with Gasteiger partial charge in [-0.1, -0.05) is 6.07 Å². The number of hydrogen-bond acceptors (Lipinski definition) is 3. The maximum atomic E-state index is 12.8. The van der Waals surface area contributed by atoms with Gasteiger partial charge in [0, 0.05) is 13.2 Å². The van der Waals surface area contributed by atoms with Gasteiger partial charge in [0.15, 0.2) is 0 Å². The molecule has 0 atom stereocenters. The summed E-state index contributed by atoms with van der Waals surface area (Å²) in [5.41, 5.74) is -0.661. The van der Waals surface area contributed by atoms with Crippen LogP contribution in [0.1, 0.15) is 12.5 Å². The van der Waals surface area contributed by atoms with Crippen molar-refractivity contribution in [2.45, 2.75) is 13.1 Å². The number of carbonyl (C=O) groups excluding carboxylic acids is 2. The molecule has 1 aliphatic rings. The number of nitrogens with zero attached hydrogens (tertiary/aromatic N) is 2. The molecule has 0 bridgehead atoms. The highest BCUT2D eigenvalue weighted by Crippen LogP contribution is 2.32. The van der Waals surface area contributed by atoms with Crippen molar-refractivity contribution >= 4 is 17.7 Å². The second kappa shape index (κ2) is 6.31. The minimum atomic E-state index is -4.52. The van der Waals surface area contributed by atoms with Gasteiger partial charge in [-0.3, -0.25) is 4.90 Å². The van der Waals surface area contributed by atoms with Gasteiger partial charge < -0.3 is 9.64 Å². The highest BCUT2D eigenvalue weighted by Gasteiger charge is 2.33. The fourth-order valence-electron chi connectivity index (χ4n) is 2.12. The second-order valence-electron chi connectivity index (χ2n) is 4.93. The predicted molar refractivity (Wildman–Crippen MR) is 76.7 cm³/mol. The Morgan fingerprint density at radius 3 is 2.65 bits per heavy atom. The van der Waals surface area contributed by atoms with Crippen molar-refractivity contribution in [1.82, 2.24) is 4.90 Å². The number of hydrogen-bond donors (Lipinski definition) is 0. The third kappa shape index (κ3) is 3.64. The molecule has 1 aromatic rings. The third-order valence-electron chi connectivity index (χ3n) is 3.21. The van der Waals surface area contributed by atoms with Crippen LogP contribution in [-0.2, 0) is 15.7 Å². The van der Waals surface area contributed by atoms with Crippen molar-refractivity contribution in [3.63, 3.8) is 0 Å². The predicted octanol–water partition coefficient (Wildman–Crippen LogP) is 3.02. The van der Waals surface area contributed by atoms with E-state index in [9.17, 15) is 22.8 Å². The van der Waals surface area contributed by atoms with E-state index in [4.69, 9.17) is 4.74 Å². The van der Waals surface area contributed by atoms with Gasteiger partial charge in [-0.15, -0.1) is 0 Å². The maximum Gasteiger partial charge on any atom is 0.416 e. The lowest BCUT2D eigenvalue weighted by atomic mass is 10.1. The topological polar surface area (TPSA) is 49.9 Å². The summed E-state index contributed by atoms with van der Waals surface area (Å²) in [7, 11) is 1.45. The van der Waals surface area contributed by atoms with Crippen molar-refractivity contribution in [1.29, 1.82) is 0 Å². The van der Waals surface area contributed by atoms with Crippen LogP contribution in [0.4, 0.5) is 23.7 Å². The van der Waals surface area contributed by atoms with Crippen LogP contribution in [-0.4, -0.2) is 37.1 Å². The number of benzene rings is 1. The van der Waals surface area contributed by atoms with Crippen LogP contribution >= 0.6 is 0 Å². The summed E-state index contributed by atoms with van der Waals surface area (Å²) in [5.74, 6) is -0.608. The number of rotatable bonds is 3. The Balaban J connectivity index is 2.41. The Labute approximate surface area is 130 Å². The molecule has 0 spiro atoms. The first-order valence-electron chi connectivity index (χ1n) is 6.83. The summed E-state index contributed by atoms with van der Waals surface area (Å²) in [6.07, 6.45) is -3.30. The zero-order valence-electron chi connectivity index (χ0n) is 12.6. The van der Waals surface area contributed by atoms with Gasteiger partial charge in [-0.25, -0.2) is 9.59 Å². The lowest BCUT2D eigenvalue weighted by Gasteiger charge is -2.31. The first kappa shape index (κ1) is 16.9. The number of esters is 1. The van der Waals surface area contributed by atoms with Crippen LogP contribution in [0.2, 0.25) is 0 Å². The van der Waals surface area contributed by atoms with Gasteiger partial charge in [-0.05, 0) is 25.1 Å². The first-order valence-corrected chi connectivity index (χ1v) is 6.83. The number of alkyl halides is 3. The Kier molecular flexibility index (Phi) is 4.63. The first-order chi connectivity index (χ1) is 10.7. The molecule has 0 unspecified atom stereocenters. The molecule has 124 valence electrons. The van der Waals surface area contributed by atoms with Crippen LogP contribution in [0.15, 0.2) is 36.0 Å². The number of halogens is 3. The van der Waals surface area contributed by atoms with E-state index in [1.807, 2.05) is 0 Å². The number of amides is 2. The molecule has 0 aliphatic carbocycles. The molecule has 8 heteroatoms. The van der Waals surface area contributed by atoms with Gasteiger partial charge in [0.25, 0.3) is 0 Å². The number of ether oxygens (including phenoxy) is 1. The Morgan fingerprint density at radius 1 is 1.35 bits per heavy atom. The van der Waals surface area contributed by atoms with Crippen LogP contribution < -0.4 is 4.90 Å². The Morgan fingerprint density at radius 2 is 2.04 bits per heavy atom. The average Bonchev–Trinajstić information content (AvgIpc) is 2.49. The van der Waals surface area contributed by atoms with Crippen molar-refractivity contribution < 1.29 is 27.5 Å².